The van der Waals surface area contributed by atoms with E-state index in [1.807, 2.05) is 0 Å². The Bertz CT molecular complexity index is 352. The molecular formula is C10H17N3OS2. The molecule has 0 radical (unpaired) electrons. The summed E-state index contributed by atoms with van der Waals surface area (Å²) < 4.78 is 0. The van der Waals surface area contributed by atoms with E-state index in [4.69, 9.17) is 5.84 Å². The Morgan fingerprint density at radius 1 is 1.56 bits per heavy atom. The van der Waals surface area contributed by atoms with Crippen molar-refractivity contribution < 1.29 is 4.79 Å². The molecule has 0 aliphatic heterocycles. The van der Waals surface area contributed by atoms with E-state index in [0.717, 1.165) is 35.0 Å². The van der Waals surface area contributed by atoms with Gasteiger partial charge in [-0.25, -0.2) is 10.8 Å². The van der Waals surface area contributed by atoms with Gasteiger partial charge >= 0.3 is 0 Å². The van der Waals surface area contributed by atoms with Crippen molar-refractivity contribution in [1.82, 2.24) is 10.4 Å². The van der Waals surface area contributed by atoms with Gasteiger partial charge in [0.1, 0.15) is 9.88 Å². The van der Waals surface area contributed by atoms with E-state index in [1.165, 1.54) is 11.3 Å². The highest BCUT2D eigenvalue weighted by Crippen LogP contribution is 2.23. The van der Waals surface area contributed by atoms with Crippen LogP contribution >= 0.6 is 23.1 Å². The number of carbonyl (C=O) groups is 1. The number of thiazole rings is 1. The van der Waals surface area contributed by atoms with Gasteiger partial charge in [0.25, 0.3) is 5.91 Å². The molecule has 0 atom stereocenters. The van der Waals surface area contributed by atoms with Crippen LogP contribution in [0.4, 0.5) is 0 Å². The van der Waals surface area contributed by atoms with Crippen LogP contribution in [0.25, 0.3) is 0 Å². The molecule has 1 heterocycles. The summed E-state index contributed by atoms with van der Waals surface area (Å²) in [5.74, 6) is 6.85. The predicted molar refractivity (Wildman–Crippen MR) is 69.6 cm³/mol. The van der Waals surface area contributed by atoms with Crippen molar-refractivity contribution in [3.63, 3.8) is 0 Å². The Balaban J connectivity index is 2.86. The van der Waals surface area contributed by atoms with Crippen LogP contribution in [0.15, 0.2) is 0 Å². The molecule has 0 aliphatic carbocycles. The Kier molecular flexibility index (Phi) is 5.79. The minimum Gasteiger partial charge on any atom is -0.289 e. The van der Waals surface area contributed by atoms with E-state index in [-0.39, 0.29) is 5.91 Å². The third-order valence-electron chi connectivity index (χ3n) is 2.00. The topological polar surface area (TPSA) is 68.0 Å². The Morgan fingerprint density at radius 2 is 2.31 bits per heavy atom. The molecule has 1 amide bonds. The van der Waals surface area contributed by atoms with E-state index in [9.17, 15) is 4.79 Å². The Labute approximate surface area is 104 Å². The van der Waals surface area contributed by atoms with Crippen LogP contribution < -0.4 is 11.3 Å². The fourth-order valence-electron chi connectivity index (χ4n) is 1.30. The molecular weight excluding hydrogens is 242 g/mol. The minimum atomic E-state index is -0.228. The fourth-order valence-corrected chi connectivity index (χ4v) is 3.04. The van der Waals surface area contributed by atoms with E-state index in [2.05, 4.69) is 24.3 Å². The number of amides is 1. The number of nitrogens with two attached hydrogens (primary N) is 1. The quantitative estimate of drug-likeness (QED) is 0.465. The summed E-state index contributed by atoms with van der Waals surface area (Å²) in [7, 11) is 0. The molecule has 3 N–H and O–H groups in total. The molecule has 1 aromatic rings. The lowest BCUT2D eigenvalue weighted by molar-refractivity contribution is 0.0956. The number of nitrogens with one attached hydrogen (secondary N) is 1. The van der Waals surface area contributed by atoms with Crippen LogP contribution in [0, 0.1) is 0 Å². The Hall–Kier alpha value is -0.590. The molecule has 0 aliphatic rings. The van der Waals surface area contributed by atoms with Crippen molar-refractivity contribution in [2.24, 2.45) is 5.84 Å². The molecule has 0 spiro atoms. The highest BCUT2D eigenvalue weighted by Gasteiger charge is 2.16. The van der Waals surface area contributed by atoms with Gasteiger partial charge in [-0.2, -0.15) is 11.8 Å². The number of aromatic nitrogens is 1. The van der Waals surface area contributed by atoms with E-state index in [0.29, 0.717) is 4.88 Å². The van der Waals surface area contributed by atoms with Gasteiger partial charge in [-0.3, -0.25) is 10.2 Å². The first-order valence-electron chi connectivity index (χ1n) is 5.30. The standard InChI is InChI=1S/C10H17N3OS2/c1-3-5-7-9(10(14)13-11)16-8(12-7)6-15-4-2/h3-6,11H2,1-2H3,(H,13,14). The third-order valence-corrected chi connectivity index (χ3v) is 4.16. The summed E-state index contributed by atoms with van der Waals surface area (Å²) in [5, 5.41) is 1.01. The van der Waals surface area contributed by atoms with Crippen molar-refractivity contribution in [1.29, 1.82) is 0 Å². The second kappa shape index (κ2) is 6.88. The van der Waals surface area contributed by atoms with Gasteiger partial charge in [-0.05, 0) is 12.2 Å². The van der Waals surface area contributed by atoms with E-state index < -0.39 is 0 Å². The number of hydrogen-bond acceptors (Lipinski definition) is 5. The molecule has 4 nitrogen and oxygen atoms in total. The average Bonchev–Trinajstić information content (AvgIpc) is 2.69. The van der Waals surface area contributed by atoms with Crippen LogP contribution in [0.3, 0.4) is 0 Å². The van der Waals surface area contributed by atoms with Crippen LogP contribution in [0.5, 0.6) is 0 Å². The molecule has 0 saturated heterocycles. The second-order valence-corrected chi connectivity index (χ2v) is 5.60. The molecule has 6 heteroatoms. The molecule has 0 aromatic carbocycles. The highest BCUT2D eigenvalue weighted by atomic mass is 32.2. The van der Waals surface area contributed by atoms with Crippen molar-refractivity contribution in [3.8, 4) is 0 Å². The van der Waals surface area contributed by atoms with Gasteiger partial charge < -0.3 is 0 Å². The lowest BCUT2D eigenvalue weighted by Gasteiger charge is -1.97. The van der Waals surface area contributed by atoms with Gasteiger partial charge in [-0.1, -0.05) is 20.3 Å². The summed E-state index contributed by atoms with van der Waals surface area (Å²) in [5.41, 5.74) is 3.05. The Morgan fingerprint density at radius 3 is 2.88 bits per heavy atom. The van der Waals surface area contributed by atoms with Crippen LogP contribution in [0.1, 0.15) is 40.6 Å². The lowest BCUT2D eigenvalue weighted by Crippen LogP contribution is -2.30. The molecule has 0 fully saturated rings. The van der Waals surface area contributed by atoms with E-state index >= 15 is 0 Å². The third kappa shape index (κ3) is 3.47. The monoisotopic (exact) mass is 259 g/mol. The number of thioether (sulfide) groups is 1. The number of nitrogen functional groups attached to an aromatic ring is 1. The number of carbonyl (C=O) groups excluding carboxylic acids is 1. The summed E-state index contributed by atoms with van der Waals surface area (Å²) in [6.45, 7) is 4.18. The zero-order valence-electron chi connectivity index (χ0n) is 9.58. The first kappa shape index (κ1) is 13.5. The zero-order chi connectivity index (χ0) is 12.0. The summed E-state index contributed by atoms with van der Waals surface area (Å²) in [6, 6.07) is 0. The molecule has 0 bridgehead atoms. The molecule has 1 rings (SSSR count). The molecule has 0 unspecified atom stereocenters. The molecule has 16 heavy (non-hydrogen) atoms. The predicted octanol–water partition coefficient (Wildman–Crippen LogP) is 1.95. The number of hydrogen-bond donors (Lipinski definition) is 2. The van der Waals surface area contributed by atoms with E-state index in [1.54, 1.807) is 11.8 Å². The second-order valence-electron chi connectivity index (χ2n) is 3.24. The van der Waals surface area contributed by atoms with Gasteiger partial charge in [-0.15, -0.1) is 11.3 Å². The van der Waals surface area contributed by atoms with Crippen molar-refractivity contribution in [2.75, 3.05) is 5.75 Å². The number of hydrazine groups is 1. The first-order valence-corrected chi connectivity index (χ1v) is 7.27. The summed E-state index contributed by atoms with van der Waals surface area (Å²) in [6.07, 6.45) is 1.81. The maximum Gasteiger partial charge on any atom is 0.277 e. The van der Waals surface area contributed by atoms with Gasteiger partial charge in [0.15, 0.2) is 0 Å². The highest BCUT2D eigenvalue weighted by molar-refractivity contribution is 7.98. The largest absolute Gasteiger partial charge is 0.289 e. The molecule has 90 valence electrons. The minimum absolute atomic E-state index is 0.228. The number of nitrogens with zero attached hydrogens (tertiary/aromatic N) is 1. The fraction of sp³-hybridized carbons (Fsp3) is 0.600. The van der Waals surface area contributed by atoms with Crippen LogP contribution in [0.2, 0.25) is 0 Å². The average molecular weight is 259 g/mol. The van der Waals surface area contributed by atoms with Crippen molar-refractivity contribution in [3.05, 3.63) is 15.6 Å². The van der Waals surface area contributed by atoms with Crippen LogP contribution in [-0.4, -0.2) is 16.6 Å². The SMILES string of the molecule is CCCc1nc(CSCC)sc1C(=O)NN. The van der Waals surface area contributed by atoms with Gasteiger partial charge in [0.05, 0.1) is 5.69 Å². The van der Waals surface area contributed by atoms with Gasteiger partial charge in [0.2, 0.25) is 0 Å². The first-order chi connectivity index (χ1) is 7.72. The number of aryl methyl sites for hydroxylation is 1. The lowest BCUT2D eigenvalue weighted by atomic mass is 10.2. The maximum absolute atomic E-state index is 11.5. The smallest absolute Gasteiger partial charge is 0.277 e. The zero-order valence-corrected chi connectivity index (χ0v) is 11.2. The summed E-state index contributed by atoms with van der Waals surface area (Å²) in [4.78, 5) is 16.7. The van der Waals surface area contributed by atoms with Crippen molar-refractivity contribution in [2.45, 2.75) is 32.4 Å². The normalized spacial score (nSPS) is 10.4. The van der Waals surface area contributed by atoms with Gasteiger partial charge in [0, 0.05) is 5.75 Å². The maximum atomic E-state index is 11.5. The molecule has 0 saturated carbocycles. The summed E-state index contributed by atoms with van der Waals surface area (Å²) >= 11 is 3.25. The number of rotatable bonds is 6. The molecule has 1 aromatic heterocycles. The van der Waals surface area contributed by atoms with Crippen molar-refractivity contribution >= 4 is 29.0 Å². The van der Waals surface area contributed by atoms with Crippen LogP contribution in [-0.2, 0) is 12.2 Å².